The lowest BCUT2D eigenvalue weighted by atomic mass is 10.0. The fourth-order valence-corrected chi connectivity index (χ4v) is 3.15. The summed E-state index contributed by atoms with van der Waals surface area (Å²) >= 11 is 0. The van der Waals surface area contributed by atoms with Crippen molar-refractivity contribution in [1.82, 2.24) is 10.2 Å². The van der Waals surface area contributed by atoms with E-state index < -0.39 is 0 Å². The van der Waals surface area contributed by atoms with Crippen molar-refractivity contribution in [1.29, 1.82) is 0 Å². The zero-order valence-corrected chi connectivity index (χ0v) is 14.3. The Morgan fingerprint density at radius 2 is 1.87 bits per heavy atom. The van der Waals surface area contributed by atoms with Crippen molar-refractivity contribution < 1.29 is 9.59 Å². The Bertz CT molecular complexity index is 538. The van der Waals surface area contributed by atoms with Gasteiger partial charge in [-0.2, -0.15) is 0 Å². The molecule has 1 aromatic rings. The zero-order chi connectivity index (χ0) is 16.8. The lowest BCUT2D eigenvalue weighted by Gasteiger charge is -2.33. The number of nitrogens with zero attached hydrogens (tertiary/aromatic N) is 2. The second kappa shape index (κ2) is 7.99. The Morgan fingerprint density at radius 3 is 2.43 bits per heavy atom. The average molecular weight is 317 g/mol. The maximum atomic E-state index is 12.7. The molecule has 2 amide bonds. The van der Waals surface area contributed by atoms with E-state index in [-0.39, 0.29) is 17.9 Å². The van der Waals surface area contributed by atoms with Crippen LogP contribution in [0.4, 0.5) is 5.69 Å². The van der Waals surface area contributed by atoms with Gasteiger partial charge in [-0.15, -0.1) is 0 Å². The predicted octanol–water partition coefficient (Wildman–Crippen LogP) is 2.27. The lowest BCUT2D eigenvalue weighted by Crippen LogP contribution is -2.49. The summed E-state index contributed by atoms with van der Waals surface area (Å²) in [6, 6.07) is 7.89. The monoisotopic (exact) mass is 317 g/mol. The lowest BCUT2D eigenvalue weighted by molar-refractivity contribution is -0.120. The minimum Gasteiger partial charge on any atom is -0.372 e. The van der Waals surface area contributed by atoms with Crippen molar-refractivity contribution in [3.63, 3.8) is 0 Å². The molecule has 1 aliphatic heterocycles. The molecule has 1 N–H and O–H groups in total. The summed E-state index contributed by atoms with van der Waals surface area (Å²) < 4.78 is 0. The second-order valence-electron chi connectivity index (χ2n) is 6.01. The molecule has 1 atom stereocenters. The smallest absolute Gasteiger partial charge is 0.253 e. The van der Waals surface area contributed by atoms with Crippen LogP contribution >= 0.6 is 0 Å². The van der Waals surface area contributed by atoms with E-state index in [2.05, 4.69) is 24.1 Å². The summed E-state index contributed by atoms with van der Waals surface area (Å²) in [6.07, 6.45) is 1.86. The summed E-state index contributed by atoms with van der Waals surface area (Å²) in [7, 11) is 0. The predicted molar refractivity (Wildman–Crippen MR) is 92.7 cm³/mol. The van der Waals surface area contributed by atoms with Gasteiger partial charge in [-0.1, -0.05) is 0 Å². The molecule has 1 aliphatic rings. The van der Waals surface area contributed by atoms with Gasteiger partial charge < -0.3 is 15.1 Å². The normalized spacial score (nSPS) is 17.7. The summed E-state index contributed by atoms with van der Waals surface area (Å²) in [5.41, 5.74) is 1.85. The summed E-state index contributed by atoms with van der Waals surface area (Å²) in [5.74, 6) is 0.0130. The number of hydrogen-bond donors (Lipinski definition) is 1. The Kier molecular flexibility index (Phi) is 6.02. The van der Waals surface area contributed by atoms with Crippen molar-refractivity contribution in [3.05, 3.63) is 29.8 Å². The number of carbonyl (C=O) groups excluding carboxylic acids is 2. The fourth-order valence-electron chi connectivity index (χ4n) is 3.15. The third-order valence-electron chi connectivity index (χ3n) is 4.36. The molecule has 1 saturated heterocycles. The third kappa shape index (κ3) is 4.47. The quantitative estimate of drug-likeness (QED) is 0.906. The van der Waals surface area contributed by atoms with E-state index in [1.54, 1.807) is 0 Å². The van der Waals surface area contributed by atoms with Crippen molar-refractivity contribution in [2.75, 3.05) is 31.1 Å². The standard InChI is InChI=1S/C18H27N3O2/c1-4-20(5-2)17-10-8-15(9-11-17)18(23)21-12-6-7-16(13-21)19-14(3)22/h8-11,16H,4-7,12-13H2,1-3H3,(H,19,22)/t16-/m0/s1. The average Bonchev–Trinajstić information content (AvgIpc) is 2.55. The van der Waals surface area contributed by atoms with Crippen molar-refractivity contribution in [3.8, 4) is 0 Å². The van der Waals surface area contributed by atoms with Gasteiger partial charge in [-0.05, 0) is 51.0 Å². The highest BCUT2D eigenvalue weighted by atomic mass is 16.2. The molecule has 0 spiro atoms. The fraction of sp³-hybridized carbons (Fsp3) is 0.556. The molecule has 2 rings (SSSR count). The van der Waals surface area contributed by atoms with Gasteiger partial charge in [-0.25, -0.2) is 0 Å². The molecule has 1 aromatic carbocycles. The highest BCUT2D eigenvalue weighted by Gasteiger charge is 2.24. The largest absolute Gasteiger partial charge is 0.372 e. The topological polar surface area (TPSA) is 52.7 Å². The van der Waals surface area contributed by atoms with E-state index in [1.807, 2.05) is 29.2 Å². The van der Waals surface area contributed by atoms with Gasteiger partial charge in [0.25, 0.3) is 5.91 Å². The first kappa shape index (κ1) is 17.3. The van der Waals surface area contributed by atoms with Gasteiger partial charge in [-0.3, -0.25) is 9.59 Å². The van der Waals surface area contributed by atoms with Gasteiger partial charge in [0, 0.05) is 50.4 Å². The number of carbonyl (C=O) groups is 2. The summed E-state index contributed by atoms with van der Waals surface area (Å²) in [4.78, 5) is 27.9. The molecular formula is C18H27N3O2. The molecule has 0 bridgehead atoms. The maximum Gasteiger partial charge on any atom is 0.253 e. The van der Waals surface area contributed by atoms with E-state index in [0.717, 1.165) is 38.2 Å². The van der Waals surface area contributed by atoms with E-state index in [4.69, 9.17) is 0 Å². The van der Waals surface area contributed by atoms with Crippen LogP contribution in [-0.4, -0.2) is 48.9 Å². The highest BCUT2D eigenvalue weighted by molar-refractivity contribution is 5.94. The Balaban J connectivity index is 2.03. The number of nitrogens with one attached hydrogen (secondary N) is 1. The van der Waals surface area contributed by atoms with Crippen LogP contribution in [0.3, 0.4) is 0 Å². The van der Waals surface area contributed by atoms with Crippen LogP contribution in [0.15, 0.2) is 24.3 Å². The first-order valence-corrected chi connectivity index (χ1v) is 8.46. The van der Waals surface area contributed by atoms with Crippen molar-refractivity contribution >= 4 is 17.5 Å². The van der Waals surface area contributed by atoms with Gasteiger partial charge in [0.1, 0.15) is 0 Å². The van der Waals surface area contributed by atoms with E-state index >= 15 is 0 Å². The van der Waals surface area contributed by atoms with E-state index in [9.17, 15) is 9.59 Å². The SMILES string of the molecule is CCN(CC)c1ccc(C(=O)N2CCC[C@H](NC(C)=O)C2)cc1. The maximum absolute atomic E-state index is 12.7. The number of piperidine rings is 1. The molecule has 0 aliphatic carbocycles. The minimum atomic E-state index is -0.0344. The third-order valence-corrected chi connectivity index (χ3v) is 4.36. The molecule has 1 fully saturated rings. The zero-order valence-electron chi connectivity index (χ0n) is 14.3. The number of rotatable bonds is 5. The summed E-state index contributed by atoms with van der Waals surface area (Å²) in [5, 5.41) is 2.92. The molecule has 126 valence electrons. The Hall–Kier alpha value is -2.04. The van der Waals surface area contributed by atoms with Gasteiger partial charge in [0.15, 0.2) is 0 Å². The van der Waals surface area contributed by atoms with Crippen LogP contribution in [0, 0.1) is 0 Å². The van der Waals surface area contributed by atoms with E-state index in [0.29, 0.717) is 12.1 Å². The number of benzene rings is 1. The van der Waals surface area contributed by atoms with Gasteiger partial charge in [0.2, 0.25) is 5.91 Å². The van der Waals surface area contributed by atoms with Crippen LogP contribution in [0.1, 0.15) is 44.0 Å². The number of likely N-dealkylation sites (tertiary alicyclic amines) is 1. The molecular weight excluding hydrogens is 290 g/mol. The van der Waals surface area contributed by atoms with Crippen molar-refractivity contribution in [2.24, 2.45) is 0 Å². The number of anilines is 1. The van der Waals surface area contributed by atoms with Crippen LogP contribution in [-0.2, 0) is 4.79 Å². The molecule has 0 saturated carbocycles. The molecule has 23 heavy (non-hydrogen) atoms. The van der Waals surface area contributed by atoms with Crippen LogP contribution in [0.25, 0.3) is 0 Å². The number of amides is 2. The Morgan fingerprint density at radius 1 is 1.22 bits per heavy atom. The second-order valence-corrected chi connectivity index (χ2v) is 6.01. The first-order chi connectivity index (χ1) is 11.0. The van der Waals surface area contributed by atoms with Gasteiger partial charge >= 0.3 is 0 Å². The number of hydrogen-bond acceptors (Lipinski definition) is 3. The van der Waals surface area contributed by atoms with Crippen LogP contribution in [0.2, 0.25) is 0 Å². The summed E-state index contributed by atoms with van der Waals surface area (Å²) in [6.45, 7) is 9.02. The van der Waals surface area contributed by atoms with E-state index in [1.165, 1.54) is 6.92 Å². The van der Waals surface area contributed by atoms with Crippen LogP contribution < -0.4 is 10.2 Å². The molecule has 5 heteroatoms. The van der Waals surface area contributed by atoms with Crippen LogP contribution in [0.5, 0.6) is 0 Å². The molecule has 0 aromatic heterocycles. The highest BCUT2D eigenvalue weighted by Crippen LogP contribution is 2.18. The first-order valence-electron chi connectivity index (χ1n) is 8.46. The molecule has 0 radical (unpaired) electrons. The van der Waals surface area contributed by atoms with Gasteiger partial charge in [0.05, 0.1) is 0 Å². The molecule has 5 nitrogen and oxygen atoms in total. The Labute approximate surface area is 138 Å². The molecule has 0 unspecified atom stereocenters. The van der Waals surface area contributed by atoms with Crippen molar-refractivity contribution in [2.45, 2.75) is 39.7 Å². The minimum absolute atomic E-state index is 0.0344. The molecule has 1 heterocycles.